The smallest absolute Gasteiger partial charge is 0.147 e. The summed E-state index contributed by atoms with van der Waals surface area (Å²) in [4.78, 5) is 7.79. The summed E-state index contributed by atoms with van der Waals surface area (Å²) in [6.45, 7) is 1.70. The molecule has 3 nitrogen and oxygen atoms in total. The van der Waals surface area contributed by atoms with Gasteiger partial charge in [0.15, 0.2) is 0 Å². The third-order valence-corrected chi connectivity index (χ3v) is 1.37. The average molecular weight is 173 g/mol. The quantitative estimate of drug-likeness (QED) is 0.726. The Kier molecular flexibility index (Phi) is 2.79. The predicted octanol–water partition coefficient (Wildman–Crippen LogP) is 1.05. The number of aliphatic hydroxyl groups excluding tert-OH is 1. The Morgan fingerprint density at radius 3 is 2.73 bits per heavy atom. The second kappa shape index (κ2) is 3.64. The number of hydrogen-bond donors (Lipinski definition) is 1. The highest BCUT2D eigenvalue weighted by Crippen LogP contribution is 2.02. The molecular formula is C7H9ClN2O. The lowest BCUT2D eigenvalue weighted by Gasteiger charge is -2.01. The number of aliphatic hydroxyl groups is 1. The van der Waals surface area contributed by atoms with E-state index in [1.807, 2.05) is 0 Å². The molecule has 0 aromatic carbocycles. The van der Waals surface area contributed by atoms with Crippen LogP contribution in [0.1, 0.15) is 12.6 Å². The van der Waals surface area contributed by atoms with E-state index in [1.54, 1.807) is 13.1 Å². The minimum atomic E-state index is -0.384. The third-order valence-electron chi connectivity index (χ3n) is 1.18. The predicted molar refractivity (Wildman–Crippen MR) is 42.4 cm³/mol. The molecule has 4 heteroatoms. The fourth-order valence-electron chi connectivity index (χ4n) is 0.747. The Morgan fingerprint density at radius 1 is 1.55 bits per heavy atom. The first-order chi connectivity index (χ1) is 5.18. The van der Waals surface area contributed by atoms with E-state index in [0.29, 0.717) is 11.6 Å². The Labute approximate surface area is 70.1 Å². The molecule has 0 saturated heterocycles. The maximum Gasteiger partial charge on any atom is 0.147 e. The van der Waals surface area contributed by atoms with Crippen LogP contribution in [0.25, 0.3) is 0 Å². The normalized spacial score (nSPS) is 13.0. The summed E-state index contributed by atoms with van der Waals surface area (Å²) in [6, 6.07) is 0. The molecule has 0 amide bonds. The molecular weight excluding hydrogens is 164 g/mol. The van der Waals surface area contributed by atoms with Crippen LogP contribution in [0.3, 0.4) is 0 Å². The zero-order chi connectivity index (χ0) is 8.27. The molecule has 60 valence electrons. The van der Waals surface area contributed by atoms with Gasteiger partial charge in [0.25, 0.3) is 0 Å². The maximum atomic E-state index is 8.97. The SMILES string of the molecule is CC(O)Cc1cnc(Cl)cn1. The summed E-state index contributed by atoms with van der Waals surface area (Å²) >= 11 is 5.51. The molecule has 1 aromatic heterocycles. The summed E-state index contributed by atoms with van der Waals surface area (Å²) < 4.78 is 0. The molecule has 1 rings (SSSR count). The van der Waals surface area contributed by atoms with E-state index in [0.717, 1.165) is 5.69 Å². The van der Waals surface area contributed by atoms with Crippen LogP contribution in [-0.4, -0.2) is 21.2 Å². The molecule has 0 aliphatic rings. The van der Waals surface area contributed by atoms with Crippen molar-refractivity contribution < 1.29 is 5.11 Å². The second-order valence-electron chi connectivity index (χ2n) is 2.38. The minimum Gasteiger partial charge on any atom is -0.393 e. The molecule has 0 saturated carbocycles. The van der Waals surface area contributed by atoms with Crippen LogP contribution in [0.5, 0.6) is 0 Å². The highest BCUT2D eigenvalue weighted by molar-refractivity contribution is 6.29. The van der Waals surface area contributed by atoms with Gasteiger partial charge in [0.2, 0.25) is 0 Å². The van der Waals surface area contributed by atoms with Crippen molar-refractivity contribution in [3.05, 3.63) is 23.2 Å². The summed E-state index contributed by atoms with van der Waals surface area (Å²) in [7, 11) is 0. The van der Waals surface area contributed by atoms with Crippen molar-refractivity contribution in [2.45, 2.75) is 19.4 Å². The van der Waals surface area contributed by atoms with E-state index in [4.69, 9.17) is 16.7 Å². The molecule has 0 bridgehead atoms. The molecule has 11 heavy (non-hydrogen) atoms. The largest absolute Gasteiger partial charge is 0.393 e. The highest BCUT2D eigenvalue weighted by atomic mass is 35.5. The zero-order valence-electron chi connectivity index (χ0n) is 6.16. The molecule has 1 aromatic rings. The van der Waals surface area contributed by atoms with Crippen LogP contribution in [0.15, 0.2) is 12.4 Å². The van der Waals surface area contributed by atoms with Crippen molar-refractivity contribution >= 4 is 11.6 Å². The van der Waals surface area contributed by atoms with E-state index in [1.165, 1.54) is 6.20 Å². The lowest BCUT2D eigenvalue weighted by atomic mass is 10.2. The molecule has 1 N–H and O–H groups in total. The Hall–Kier alpha value is -0.670. The lowest BCUT2D eigenvalue weighted by Crippen LogP contribution is -2.05. The summed E-state index contributed by atoms with van der Waals surface area (Å²) in [5.74, 6) is 0. The van der Waals surface area contributed by atoms with Gasteiger partial charge in [0, 0.05) is 6.42 Å². The Morgan fingerprint density at radius 2 is 2.27 bits per heavy atom. The van der Waals surface area contributed by atoms with Gasteiger partial charge in [-0.3, -0.25) is 4.98 Å². The van der Waals surface area contributed by atoms with Crippen molar-refractivity contribution in [3.63, 3.8) is 0 Å². The van der Waals surface area contributed by atoms with Crippen molar-refractivity contribution in [1.82, 2.24) is 9.97 Å². The average Bonchev–Trinajstić information content (AvgIpc) is 1.93. The van der Waals surface area contributed by atoms with Gasteiger partial charge >= 0.3 is 0 Å². The molecule has 1 atom stereocenters. The van der Waals surface area contributed by atoms with Crippen molar-refractivity contribution in [2.75, 3.05) is 0 Å². The van der Waals surface area contributed by atoms with E-state index in [-0.39, 0.29) is 6.10 Å². The Balaban J connectivity index is 2.66. The highest BCUT2D eigenvalue weighted by Gasteiger charge is 1.99. The molecule has 0 aliphatic carbocycles. The zero-order valence-corrected chi connectivity index (χ0v) is 6.91. The molecule has 0 spiro atoms. The number of hydrogen-bond acceptors (Lipinski definition) is 3. The van der Waals surface area contributed by atoms with E-state index < -0.39 is 0 Å². The topological polar surface area (TPSA) is 46.0 Å². The summed E-state index contributed by atoms with van der Waals surface area (Å²) in [6.07, 6.45) is 3.17. The van der Waals surface area contributed by atoms with Crippen LogP contribution in [0.4, 0.5) is 0 Å². The third kappa shape index (κ3) is 2.82. The first-order valence-corrected chi connectivity index (χ1v) is 3.71. The van der Waals surface area contributed by atoms with Crippen molar-refractivity contribution in [2.24, 2.45) is 0 Å². The van der Waals surface area contributed by atoms with Gasteiger partial charge in [-0.2, -0.15) is 0 Å². The number of rotatable bonds is 2. The molecule has 1 heterocycles. The van der Waals surface area contributed by atoms with Gasteiger partial charge in [-0.1, -0.05) is 11.6 Å². The van der Waals surface area contributed by atoms with E-state index in [9.17, 15) is 0 Å². The van der Waals surface area contributed by atoms with Crippen LogP contribution in [-0.2, 0) is 6.42 Å². The van der Waals surface area contributed by atoms with Gasteiger partial charge in [-0.25, -0.2) is 4.98 Å². The number of aromatic nitrogens is 2. The van der Waals surface area contributed by atoms with Crippen LogP contribution >= 0.6 is 11.6 Å². The maximum absolute atomic E-state index is 8.97. The molecule has 0 fully saturated rings. The van der Waals surface area contributed by atoms with Gasteiger partial charge in [-0.15, -0.1) is 0 Å². The van der Waals surface area contributed by atoms with Crippen molar-refractivity contribution in [3.8, 4) is 0 Å². The summed E-state index contributed by atoms with van der Waals surface area (Å²) in [5.41, 5.74) is 0.754. The van der Waals surface area contributed by atoms with Crippen molar-refractivity contribution in [1.29, 1.82) is 0 Å². The fraction of sp³-hybridized carbons (Fsp3) is 0.429. The Bertz CT molecular complexity index is 222. The monoisotopic (exact) mass is 172 g/mol. The van der Waals surface area contributed by atoms with Crippen LogP contribution < -0.4 is 0 Å². The molecule has 0 aliphatic heterocycles. The van der Waals surface area contributed by atoms with Gasteiger partial charge in [0.1, 0.15) is 5.15 Å². The first kappa shape index (κ1) is 8.43. The molecule has 1 unspecified atom stereocenters. The van der Waals surface area contributed by atoms with E-state index in [2.05, 4.69) is 9.97 Å². The van der Waals surface area contributed by atoms with Gasteiger partial charge in [0.05, 0.1) is 24.2 Å². The summed E-state index contributed by atoms with van der Waals surface area (Å²) in [5, 5.41) is 9.35. The lowest BCUT2D eigenvalue weighted by molar-refractivity contribution is 0.194. The van der Waals surface area contributed by atoms with Gasteiger partial charge in [-0.05, 0) is 6.92 Å². The van der Waals surface area contributed by atoms with E-state index >= 15 is 0 Å². The van der Waals surface area contributed by atoms with Crippen LogP contribution in [0.2, 0.25) is 5.15 Å². The first-order valence-electron chi connectivity index (χ1n) is 3.33. The second-order valence-corrected chi connectivity index (χ2v) is 2.77. The standard InChI is InChI=1S/C7H9ClN2O/c1-5(11)2-6-3-10-7(8)4-9-6/h3-5,11H,2H2,1H3. The van der Waals surface area contributed by atoms with Gasteiger partial charge < -0.3 is 5.11 Å². The fourth-order valence-corrected chi connectivity index (χ4v) is 0.845. The number of nitrogens with zero attached hydrogens (tertiary/aromatic N) is 2. The molecule has 0 radical (unpaired) electrons. The minimum absolute atomic E-state index is 0.374. The van der Waals surface area contributed by atoms with Crippen LogP contribution in [0, 0.1) is 0 Å². The number of halogens is 1.